The van der Waals surface area contributed by atoms with E-state index in [2.05, 4.69) is 44.7 Å². The highest BCUT2D eigenvalue weighted by molar-refractivity contribution is 6.91. The molecule has 0 aromatic carbocycles. The second-order valence-corrected chi connectivity index (χ2v) is 28.4. The lowest BCUT2D eigenvalue weighted by Crippen LogP contribution is -2.58. The molecule has 0 unspecified atom stereocenters. The Morgan fingerprint density at radius 2 is 0.353 bits per heavy atom. The normalized spacial score (nSPS) is 12.4. The molecular weight excluding hydrogens is 647 g/mol. The van der Waals surface area contributed by atoms with Gasteiger partial charge in [0.15, 0.2) is 0 Å². The van der Waals surface area contributed by atoms with Crippen molar-refractivity contribution in [3.05, 3.63) is 0 Å². The SMILES string of the molecule is CCCCCCCCCCCCCCCCCCCCCC[Si](C)(C)N[Si](C)(C)CCCCCCCCCCCCCCCCCCCCCC. The van der Waals surface area contributed by atoms with Crippen molar-refractivity contribution in [2.45, 2.75) is 309 Å². The van der Waals surface area contributed by atoms with Crippen molar-refractivity contribution in [3.63, 3.8) is 0 Å². The van der Waals surface area contributed by atoms with E-state index in [1.807, 2.05) is 0 Å². The topological polar surface area (TPSA) is 12.0 Å². The lowest BCUT2D eigenvalue weighted by atomic mass is 10.0. The molecule has 51 heavy (non-hydrogen) atoms. The maximum atomic E-state index is 4.33. The van der Waals surface area contributed by atoms with E-state index in [1.54, 1.807) is 0 Å². The number of hydrogen-bond acceptors (Lipinski definition) is 1. The van der Waals surface area contributed by atoms with Crippen molar-refractivity contribution < 1.29 is 0 Å². The van der Waals surface area contributed by atoms with Crippen LogP contribution >= 0.6 is 0 Å². The lowest BCUT2D eigenvalue weighted by Gasteiger charge is -2.35. The van der Waals surface area contributed by atoms with E-state index in [1.165, 1.54) is 269 Å². The van der Waals surface area contributed by atoms with E-state index in [0.717, 1.165) is 0 Å². The van der Waals surface area contributed by atoms with Crippen LogP contribution in [0, 0.1) is 0 Å². The van der Waals surface area contributed by atoms with Crippen LogP contribution in [0.15, 0.2) is 0 Å². The molecule has 0 spiro atoms. The van der Waals surface area contributed by atoms with Crippen molar-refractivity contribution in [2.75, 3.05) is 0 Å². The van der Waals surface area contributed by atoms with Gasteiger partial charge in [0.05, 0.1) is 0 Å². The summed E-state index contributed by atoms with van der Waals surface area (Å²) in [6.07, 6.45) is 59.0. The van der Waals surface area contributed by atoms with Gasteiger partial charge in [0.1, 0.15) is 16.5 Å². The quantitative estimate of drug-likeness (QED) is 0.0483. The van der Waals surface area contributed by atoms with Gasteiger partial charge in [-0.25, -0.2) is 0 Å². The summed E-state index contributed by atoms with van der Waals surface area (Å²) in [4.78, 5) is 0. The summed E-state index contributed by atoms with van der Waals surface area (Å²) < 4.78 is 4.33. The first-order valence-corrected chi connectivity index (χ1v) is 31.0. The summed E-state index contributed by atoms with van der Waals surface area (Å²) in [6.45, 7) is 15.1. The fraction of sp³-hybridized carbons (Fsp3) is 1.00. The van der Waals surface area contributed by atoms with Crippen LogP contribution in [-0.2, 0) is 0 Å². The van der Waals surface area contributed by atoms with Gasteiger partial charge >= 0.3 is 0 Å². The molecule has 1 N–H and O–H groups in total. The van der Waals surface area contributed by atoms with E-state index in [4.69, 9.17) is 0 Å². The van der Waals surface area contributed by atoms with Gasteiger partial charge < -0.3 is 4.65 Å². The van der Waals surface area contributed by atoms with Gasteiger partial charge in [-0.2, -0.15) is 0 Å². The Hall–Kier alpha value is 0.394. The molecule has 0 aliphatic carbocycles. The average molecular weight is 751 g/mol. The highest BCUT2D eigenvalue weighted by Gasteiger charge is 2.30. The van der Waals surface area contributed by atoms with Crippen molar-refractivity contribution in [1.82, 2.24) is 4.65 Å². The molecule has 0 rings (SSSR count). The molecule has 0 saturated carbocycles. The summed E-state index contributed by atoms with van der Waals surface area (Å²) >= 11 is 0. The molecule has 0 aromatic rings. The first-order chi connectivity index (χ1) is 24.8. The first-order valence-electron chi connectivity index (χ1n) is 24.6. The smallest absolute Gasteiger partial charge is 0.112 e. The van der Waals surface area contributed by atoms with Crippen LogP contribution in [-0.4, -0.2) is 16.5 Å². The molecule has 0 heterocycles. The minimum Gasteiger partial charge on any atom is -0.359 e. The van der Waals surface area contributed by atoms with Crippen LogP contribution in [0.5, 0.6) is 0 Å². The molecule has 0 atom stereocenters. The fourth-order valence-electron chi connectivity index (χ4n) is 8.69. The van der Waals surface area contributed by atoms with Gasteiger partial charge in [-0.15, -0.1) is 0 Å². The highest BCUT2D eigenvalue weighted by Crippen LogP contribution is 2.22. The minimum absolute atomic E-state index is 1.26. The van der Waals surface area contributed by atoms with Crippen LogP contribution in [0.3, 0.4) is 0 Å². The standard InChI is InChI=1S/C48H103NSi2/c1-7-9-11-13-15-17-19-21-23-25-27-29-31-33-35-37-39-41-43-45-47-50(3,4)49-51(5,6)48-46-44-42-40-38-36-34-32-30-28-26-24-22-20-18-16-14-12-10-8-2/h49H,7-48H2,1-6H3. The maximum Gasteiger partial charge on any atom is 0.112 e. The zero-order chi connectivity index (χ0) is 37.4. The summed E-state index contributed by atoms with van der Waals surface area (Å²) in [6, 6.07) is 2.98. The molecule has 0 bridgehead atoms. The summed E-state index contributed by atoms with van der Waals surface area (Å²) in [7, 11) is -2.51. The third-order valence-corrected chi connectivity index (χ3v) is 20.6. The zero-order valence-electron chi connectivity index (χ0n) is 37.2. The fourth-order valence-corrected chi connectivity index (χ4v) is 19.3. The van der Waals surface area contributed by atoms with E-state index >= 15 is 0 Å². The van der Waals surface area contributed by atoms with Crippen molar-refractivity contribution in [3.8, 4) is 0 Å². The predicted octanol–water partition coefficient (Wildman–Crippen LogP) is 18.6. The van der Waals surface area contributed by atoms with Gasteiger partial charge in [-0.05, 0) is 12.1 Å². The van der Waals surface area contributed by atoms with Gasteiger partial charge in [-0.3, -0.25) is 0 Å². The monoisotopic (exact) mass is 750 g/mol. The number of rotatable bonds is 44. The Bertz CT molecular complexity index is 593. The Morgan fingerprint density at radius 1 is 0.216 bits per heavy atom. The summed E-state index contributed by atoms with van der Waals surface area (Å²) in [5, 5.41) is 0. The number of hydrogen-bond donors (Lipinski definition) is 1. The molecule has 1 nitrogen and oxygen atoms in total. The second-order valence-electron chi connectivity index (χ2n) is 18.8. The highest BCUT2D eigenvalue weighted by atomic mass is 28.4. The average Bonchev–Trinajstić information content (AvgIpc) is 3.09. The van der Waals surface area contributed by atoms with Crippen molar-refractivity contribution in [1.29, 1.82) is 0 Å². The molecule has 0 aliphatic heterocycles. The summed E-state index contributed by atoms with van der Waals surface area (Å²) in [5.74, 6) is 0. The molecule has 0 radical (unpaired) electrons. The number of nitrogens with one attached hydrogen (secondary N) is 1. The Balaban J connectivity index is 3.45. The van der Waals surface area contributed by atoms with Gasteiger partial charge in [-0.1, -0.05) is 297 Å². The molecule has 3 heteroatoms. The largest absolute Gasteiger partial charge is 0.359 e. The Morgan fingerprint density at radius 3 is 0.510 bits per heavy atom. The van der Waals surface area contributed by atoms with Crippen LogP contribution in [0.2, 0.25) is 38.3 Å². The van der Waals surface area contributed by atoms with Crippen LogP contribution in [0.1, 0.15) is 271 Å². The minimum atomic E-state index is -1.26. The van der Waals surface area contributed by atoms with E-state index in [9.17, 15) is 0 Å². The van der Waals surface area contributed by atoms with Crippen LogP contribution < -0.4 is 4.65 Å². The molecular formula is C48H103NSi2. The van der Waals surface area contributed by atoms with Gasteiger partial charge in [0.25, 0.3) is 0 Å². The second kappa shape index (κ2) is 40.1. The maximum absolute atomic E-state index is 4.33. The Kier molecular flexibility index (Phi) is 40.4. The van der Waals surface area contributed by atoms with E-state index < -0.39 is 16.5 Å². The van der Waals surface area contributed by atoms with Crippen molar-refractivity contribution in [2.24, 2.45) is 0 Å². The third-order valence-electron chi connectivity index (χ3n) is 12.0. The van der Waals surface area contributed by atoms with E-state index in [0.29, 0.717) is 0 Å². The molecule has 0 aromatic heterocycles. The number of unbranched alkanes of at least 4 members (excludes halogenated alkanes) is 38. The van der Waals surface area contributed by atoms with Crippen LogP contribution in [0.25, 0.3) is 0 Å². The first kappa shape index (κ1) is 51.4. The third kappa shape index (κ3) is 43.0. The predicted molar refractivity (Wildman–Crippen MR) is 244 cm³/mol. The molecule has 0 amide bonds. The molecule has 0 aliphatic rings. The summed E-state index contributed by atoms with van der Waals surface area (Å²) in [5.41, 5.74) is 0. The molecule has 0 saturated heterocycles. The lowest BCUT2D eigenvalue weighted by molar-refractivity contribution is 0.522. The van der Waals surface area contributed by atoms with Gasteiger partial charge in [0.2, 0.25) is 0 Å². The molecule has 0 fully saturated rings. The zero-order valence-corrected chi connectivity index (χ0v) is 39.2. The van der Waals surface area contributed by atoms with E-state index in [-0.39, 0.29) is 0 Å². The van der Waals surface area contributed by atoms with Crippen LogP contribution in [0.4, 0.5) is 0 Å². The Labute approximate surface area is 328 Å². The molecule has 308 valence electrons. The van der Waals surface area contributed by atoms with Crippen molar-refractivity contribution >= 4 is 16.5 Å². The van der Waals surface area contributed by atoms with Gasteiger partial charge in [0, 0.05) is 0 Å².